The second kappa shape index (κ2) is 7.85. The molecule has 2 saturated heterocycles. The molecule has 25 heavy (non-hydrogen) atoms. The number of carbonyl (C=O) groups is 2. The first-order valence-electron chi connectivity index (χ1n) is 9.13. The second-order valence-electron chi connectivity index (χ2n) is 7.10. The van der Waals surface area contributed by atoms with Gasteiger partial charge >= 0.3 is 6.03 Å². The lowest BCUT2D eigenvalue weighted by Crippen LogP contribution is -2.41. The van der Waals surface area contributed by atoms with Crippen molar-refractivity contribution in [3.8, 4) is 0 Å². The minimum atomic E-state index is -0.274. The van der Waals surface area contributed by atoms with Crippen molar-refractivity contribution in [1.29, 1.82) is 0 Å². The van der Waals surface area contributed by atoms with Crippen LogP contribution in [0.3, 0.4) is 0 Å². The van der Waals surface area contributed by atoms with E-state index in [0.29, 0.717) is 31.0 Å². The normalized spacial score (nSPS) is 23.1. The average Bonchev–Trinajstić information content (AvgIpc) is 3.24. The fraction of sp³-hybridized carbons (Fsp3) is 0.579. The lowest BCUT2D eigenvalue weighted by Gasteiger charge is -2.26. The number of hydrogen-bond donors (Lipinski definition) is 1. The number of rotatable bonds is 4. The molecule has 5 nitrogen and oxygen atoms in total. The molecule has 1 aromatic rings. The lowest BCUT2D eigenvalue weighted by atomic mass is 10.0. The summed E-state index contributed by atoms with van der Waals surface area (Å²) >= 11 is 0. The smallest absolute Gasteiger partial charge is 0.317 e. The van der Waals surface area contributed by atoms with E-state index in [-0.39, 0.29) is 23.8 Å². The first kappa shape index (κ1) is 17.7. The zero-order valence-corrected chi connectivity index (χ0v) is 14.7. The molecular weight excluding hydrogens is 321 g/mol. The Morgan fingerprint density at radius 2 is 1.96 bits per heavy atom. The molecule has 0 bridgehead atoms. The van der Waals surface area contributed by atoms with Crippen LogP contribution in [0.1, 0.15) is 44.2 Å². The van der Waals surface area contributed by atoms with E-state index in [1.807, 2.05) is 4.90 Å². The highest BCUT2D eigenvalue weighted by atomic mass is 19.1. The van der Waals surface area contributed by atoms with Gasteiger partial charge in [0.25, 0.3) is 0 Å². The number of carbonyl (C=O) groups excluding carboxylic acids is 2. The Bertz CT molecular complexity index is 631. The largest absolute Gasteiger partial charge is 0.343 e. The Hall–Kier alpha value is -2.11. The van der Waals surface area contributed by atoms with Gasteiger partial charge in [0.1, 0.15) is 5.82 Å². The van der Waals surface area contributed by atoms with E-state index >= 15 is 0 Å². The maximum Gasteiger partial charge on any atom is 0.317 e. The molecular formula is C19H26FN3O2. The van der Waals surface area contributed by atoms with Crippen LogP contribution in [-0.4, -0.2) is 47.9 Å². The number of hydrogen-bond acceptors (Lipinski definition) is 2. The summed E-state index contributed by atoms with van der Waals surface area (Å²) in [5.74, 6) is 0.142. The van der Waals surface area contributed by atoms with E-state index in [1.54, 1.807) is 23.1 Å². The maximum absolute atomic E-state index is 14.1. The molecule has 0 radical (unpaired) electrons. The average molecular weight is 347 g/mol. The molecule has 3 amide bonds. The number of nitrogens with zero attached hydrogens (tertiary/aromatic N) is 2. The maximum atomic E-state index is 14.1. The third kappa shape index (κ3) is 4.11. The molecule has 136 valence electrons. The zero-order valence-electron chi connectivity index (χ0n) is 14.7. The highest BCUT2D eigenvalue weighted by Gasteiger charge is 2.35. The van der Waals surface area contributed by atoms with Crippen LogP contribution in [0.15, 0.2) is 24.3 Å². The summed E-state index contributed by atoms with van der Waals surface area (Å²) in [4.78, 5) is 28.1. The van der Waals surface area contributed by atoms with Gasteiger partial charge in [-0.1, -0.05) is 25.1 Å². The summed E-state index contributed by atoms with van der Waals surface area (Å²) in [6.07, 6.45) is 3.20. The minimum Gasteiger partial charge on any atom is -0.343 e. The molecule has 1 aromatic carbocycles. The van der Waals surface area contributed by atoms with Crippen LogP contribution in [0.4, 0.5) is 9.18 Å². The molecule has 0 aliphatic carbocycles. The third-order valence-electron chi connectivity index (χ3n) is 5.11. The molecule has 2 heterocycles. The SMILES string of the molecule is C[C@@H]1C[C@H](c2ccccc2F)N(C(=O)NCCC(=O)N2CCCC2)C1. The zero-order chi connectivity index (χ0) is 17.8. The van der Waals surface area contributed by atoms with E-state index in [0.717, 1.165) is 32.4 Å². The Morgan fingerprint density at radius 1 is 1.24 bits per heavy atom. The number of likely N-dealkylation sites (tertiary alicyclic amines) is 2. The van der Waals surface area contributed by atoms with Crippen molar-refractivity contribution >= 4 is 11.9 Å². The molecule has 0 spiro atoms. The van der Waals surface area contributed by atoms with Crippen LogP contribution < -0.4 is 5.32 Å². The van der Waals surface area contributed by atoms with Gasteiger partial charge in [0.15, 0.2) is 0 Å². The predicted octanol–water partition coefficient (Wildman–Crippen LogP) is 2.93. The van der Waals surface area contributed by atoms with Crippen molar-refractivity contribution in [1.82, 2.24) is 15.1 Å². The summed E-state index contributed by atoms with van der Waals surface area (Å²) in [5, 5.41) is 2.84. The van der Waals surface area contributed by atoms with E-state index in [9.17, 15) is 14.0 Å². The van der Waals surface area contributed by atoms with Crippen LogP contribution in [0.25, 0.3) is 0 Å². The minimum absolute atomic E-state index is 0.0956. The van der Waals surface area contributed by atoms with E-state index in [1.165, 1.54) is 6.07 Å². The summed E-state index contributed by atoms with van der Waals surface area (Å²) in [6.45, 7) is 4.64. The topological polar surface area (TPSA) is 52.7 Å². The summed E-state index contributed by atoms with van der Waals surface area (Å²) < 4.78 is 14.1. The van der Waals surface area contributed by atoms with Gasteiger partial charge < -0.3 is 15.1 Å². The highest BCUT2D eigenvalue weighted by molar-refractivity contribution is 5.79. The molecule has 2 aliphatic heterocycles. The van der Waals surface area contributed by atoms with Crippen LogP contribution >= 0.6 is 0 Å². The van der Waals surface area contributed by atoms with Gasteiger partial charge in [-0.2, -0.15) is 0 Å². The number of benzene rings is 1. The van der Waals surface area contributed by atoms with Gasteiger partial charge in [-0.05, 0) is 31.2 Å². The van der Waals surface area contributed by atoms with Gasteiger partial charge in [-0.15, -0.1) is 0 Å². The summed E-state index contributed by atoms with van der Waals surface area (Å²) in [5.41, 5.74) is 0.565. The monoisotopic (exact) mass is 347 g/mol. The van der Waals surface area contributed by atoms with Crippen LogP contribution in [0.2, 0.25) is 0 Å². The Labute approximate surface area is 148 Å². The fourth-order valence-electron chi connectivity index (χ4n) is 3.81. The van der Waals surface area contributed by atoms with Gasteiger partial charge in [0.2, 0.25) is 5.91 Å². The second-order valence-corrected chi connectivity index (χ2v) is 7.10. The standard InChI is InChI=1S/C19H26FN3O2/c1-14-12-17(15-6-2-3-7-16(15)20)23(13-14)19(25)21-9-8-18(24)22-10-4-5-11-22/h2-3,6-7,14,17H,4-5,8-13H2,1H3,(H,21,25)/t14-,17-/m1/s1. The molecule has 0 saturated carbocycles. The van der Waals surface area contributed by atoms with Crippen molar-refractivity contribution in [2.45, 2.75) is 38.6 Å². The molecule has 2 fully saturated rings. The van der Waals surface area contributed by atoms with Gasteiger partial charge in [-0.25, -0.2) is 9.18 Å². The number of urea groups is 1. The molecule has 0 unspecified atom stereocenters. The number of nitrogens with one attached hydrogen (secondary N) is 1. The Balaban J connectivity index is 1.56. The van der Waals surface area contributed by atoms with Gasteiger partial charge in [0.05, 0.1) is 6.04 Å². The molecule has 6 heteroatoms. The van der Waals surface area contributed by atoms with Crippen molar-refractivity contribution < 1.29 is 14.0 Å². The summed E-state index contributed by atoms with van der Waals surface area (Å²) in [6, 6.07) is 6.17. The van der Waals surface area contributed by atoms with E-state index in [2.05, 4.69) is 12.2 Å². The molecule has 3 rings (SSSR count). The van der Waals surface area contributed by atoms with Crippen LogP contribution in [0.5, 0.6) is 0 Å². The Kier molecular flexibility index (Phi) is 5.56. The van der Waals surface area contributed by atoms with Gasteiger partial charge in [0, 0.05) is 38.2 Å². The van der Waals surface area contributed by atoms with Crippen molar-refractivity contribution in [2.24, 2.45) is 5.92 Å². The molecule has 2 aliphatic rings. The third-order valence-corrected chi connectivity index (χ3v) is 5.11. The first-order chi connectivity index (χ1) is 12.1. The molecule has 2 atom stereocenters. The summed E-state index contributed by atoms with van der Waals surface area (Å²) in [7, 11) is 0. The van der Waals surface area contributed by atoms with Crippen molar-refractivity contribution in [2.75, 3.05) is 26.2 Å². The van der Waals surface area contributed by atoms with Gasteiger partial charge in [-0.3, -0.25) is 4.79 Å². The number of halogens is 1. The predicted molar refractivity (Wildman–Crippen MR) is 93.5 cm³/mol. The molecule has 1 N–H and O–H groups in total. The molecule has 0 aromatic heterocycles. The van der Waals surface area contributed by atoms with E-state index < -0.39 is 0 Å². The van der Waals surface area contributed by atoms with Crippen LogP contribution in [0, 0.1) is 11.7 Å². The van der Waals surface area contributed by atoms with E-state index in [4.69, 9.17) is 0 Å². The fourth-order valence-corrected chi connectivity index (χ4v) is 3.81. The number of amides is 3. The quantitative estimate of drug-likeness (QED) is 0.910. The van der Waals surface area contributed by atoms with Crippen LogP contribution in [-0.2, 0) is 4.79 Å². The van der Waals surface area contributed by atoms with Crippen molar-refractivity contribution in [3.05, 3.63) is 35.6 Å². The lowest BCUT2D eigenvalue weighted by molar-refractivity contribution is -0.129. The Morgan fingerprint density at radius 3 is 2.68 bits per heavy atom. The highest BCUT2D eigenvalue weighted by Crippen LogP contribution is 2.36. The first-order valence-corrected chi connectivity index (χ1v) is 9.13. The van der Waals surface area contributed by atoms with Crippen molar-refractivity contribution in [3.63, 3.8) is 0 Å².